The lowest BCUT2D eigenvalue weighted by Crippen LogP contribution is -2.52. The van der Waals surface area contributed by atoms with Gasteiger partial charge >= 0.3 is 0 Å². The van der Waals surface area contributed by atoms with Gasteiger partial charge in [0.05, 0.1) is 11.7 Å². The van der Waals surface area contributed by atoms with Gasteiger partial charge in [-0.1, -0.05) is 44.2 Å². The molecule has 7 rings (SSSR count). The van der Waals surface area contributed by atoms with Gasteiger partial charge in [-0.2, -0.15) is 5.10 Å². The number of carbonyl (C=O) groups is 3. The molecule has 9 heteroatoms. The van der Waals surface area contributed by atoms with Crippen LogP contribution in [-0.4, -0.2) is 86.3 Å². The second kappa shape index (κ2) is 10.6. The van der Waals surface area contributed by atoms with Crippen LogP contribution in [0.5, 0.6) is 0 Å². The van der Waals surface area contributed by atoms with Gasteiger partial charge in [-0.3, -0.25) is 29.0 Å². The number of hydrogen-bond donors (Lipinski definition) is 0. The van der Waals surface area contributed by atoms with Crippen molar-refractivity contribution in [3.8, 4) is 11.1 Å². The van der Waals surface area contributed by atoms with E-state index in [-0.39, 0.29) is 35.5 Å². The zero-order chi connectivity index (χ0) is 29.9. The van der Waals surface area contributed by atoms with Crippen LogP contribution < -0.4 is 0 Å². The number of aliphatic imine (C=N–C) groups is 1. The summed E-state index contributed by atoms with van der Waals surface area (Å²) in [4.78, 5) is 50.6. The van der Waals surface area contributed by atoms with Crippen LogP contribution in [0.4, 0.5) is 0 Å². The number of carbonyl (C=O) groups excluding carboxylic acids is 3. The Morgan fingerprint density at radius 1 is 0.930 bits per heavy atom. The highest BCUT2D eigenvalue weighted by atomic mass is 16.2. The van der Waals surface area contributed by atoms with Crippen LogP contribution in [0.2, 0.25) is 0 Å². The highest BCUT2D eigenvalue weighted by Crippen LogP contribution is 2.38. The largest absolute Gasteiger partial charge is 0.342 e. The molecule has 0 bridgehead atoms. The third-order valence-electron chi connectivity index (χ3n) is 9.80. The average molecular weight is 581 g/mol. The first kappa shape index (κ1) is 27.8. The van der Waals surface area contributed by atoms with E-state index in [4.69, 9.17) is 4.99 Å². The molecule has 224 valence electrons. The first-order valence-corrected chi connectivity index (χ1v) is 15.7. The van der Waals surface area contributed by atoms with Crippen LogP contribution in [0.3, 0.4) is 0 Å². The minimum absolute atomic E-state index is 0.0391. The van der Waals surface area contributed by atoms with E-state index >= 15 is 0 Å². The average Bonchev–Trinajstić information content (AvgIpc) is 3.58. The van der Waals surface area contributed by atoms with Gasteiger partial charge in [-0.25, -0.2) is 0 Å². The Kier molecular flexibility index (Phi) is 6.86. The summed E-state index contributed by atoms with van der Waals surface area (Å²) in [6.45, 7) is 6.94. The molecular weight excluding hydrogens is 540 g/mol. The number of aryl methyl sites for hydroxylation is 1. The molecule has 4 aliphatic rings. The number of amides is 3. The lowest BCUT2D eigenvalue weighted by Gasteiger charge is -2.37. The molecule has 0 unspecified atom stereocenters. The molecule has 3 fully saturated rings. The van der Waals surface area contributed by atoms with Crippen LogP contribution in [0.1, 0.15) is 51.5 Å². The number of aromatic nitrogens is 2. The number of hydrogen-bond acceptors (Lipinski definition) is 5. The van der Waals surface area contributed by atoms with Crippen molar-refractivity contribution in [1.82, 2.24) is 24.5 Å². The second-order valence-electron chi connectivity index (χ2n) is 13.2. The smallest absolute Gasteiger partial charge is 0.256 e. The van der Waals surface area contributed by atoms with Crippen molar-refractivity contribution in [2.24, 2.45) is 29.8 Å². The number of piperidine rings is 1. The first-order valence-electron chi connectivity index (χ1n) is 15.7. The molecule has 1 aliphatic carbocycles. The number of amidine groups is 1. The van der Waals surface area contributed by atoms with E-state index in [0.29, 0.717) is 39.0 Å². The number of benzene rings is 2. The molecule has 2 aromatic carbocycles. The van der Waals surface area contributed by atoms with Crippen molar-refractivity contribution in [3.63, 3.8) is 0 Å². The summed E-state index contributed by atoms with van der Waals surface area (Å²) >= 11 is 0. The zero-order valence-corrected chi connectivity index (χ0v) is 25.3. The maximum Gasteiger partial charge on any atom is 0.256 e. The second-order valence-corrected chi connectivity index (χ2v) is 13.2. The lowest BCUT2D eigenvalue weighted by molar-refractivity contribution is -0.140. The summed E-state index contributed by atoms with van der Waals surface area (Å²) < 4.78 is 1.87. The van der Waals surface area contributed by atoms with Gasteiger partial charge in [0, 0.05) is 62.6 Å². The maximum absolute atomic E-state index is 14.2. The van der Waals surface area contributed by atoms with E-state index in [2.05, 4.69) is 47.6 Å². The Labute approximate surface area is 252 Å². The fourth-order valence-corrected chi connectivity index (χ4v) is 7.02. The fraction of sp³-hybridized carbons (Fsp3) is 0.500. The highest BCUT2D eigenvalue weighted by Gasteiger charge is 2.51. The molecule has 2 saturated heterocycles. The number of likely N-dealkylation sites (tertiary alicyclic amines) is 2. The normalized spacial score (nSPS) is 21.9. The lowest BCUT2D eigenvalue weighted by atomic mass is 9.87. The van der Waals surface area contributed by atoms with E-state index in [1.54, 1.807) is 0 Å². The van der Waals surface area contributed by atoms with Gasteiger partial charge in [0.25, 0.3) is 5.91 Å². The highest BCUT2D eigenvalue weighted by molar-refractivity contribution is 6.15. The third kappa shape index (κ3) is 5.02. The first-order chi connectivity index (χ1) is 20.7. The molecule has 9 nitrogen and oxygen atoms in total. The Balaban J connectivity index is 1.15. The molecule has 43 heavy (non-hydrogen) atoms. The summed E-state index contributed by atoms with van der Waals surface area (Å²) in [5, 5.41) is 5.46. The van der Waals surface area contributed by atoms with Crippen LogP contribution in [0.15, 0.2) is 53.7 Å². The summed E-state index contributed by atoms with van der Waals surface area (Å²) in [7, 11) is 1.94. The molecular formula is C34H40N6O3. The third-order valence-corrected chi connectivity index (χ3v) is 9.80. The molecule has 3 amide bonds. The summed E-state index contributed by atoms with van der Waals surface area (Å²) in [5.74, 6) is 1.54. The van der Waals surface area contributed by atoms with Crippen LogP contribution in [0, 0.1) is 17.8 Å². The van der Waals surface area contributed by atoms with Crippen LogP contribution >= 0.6 is 0 Å². The van der Waals surface area contributed by atoms with Crippen molar-refractivity contribution < 1.29 is 14.4 Å². The van der Waals surface area contributed by atoms with Crippen molar-refractivity contribution in [2.45, 2.75) is 51.5 Å². The quantitative estimate of drug-likeness (QED) is 0.439. The van der Waals surface area contributed by atoms with Crippen molar-refractivity contribution in [1.29, 1.82) is 0 Å². The van der Waals surface area contributed by atoms with Crippen molar-refractivity contribution >= 4 is 34.5 Å². The molecule has 1 aromatic heterocycles. The SMILES string of the molecule is CC(C)C(=O)N1CCC2(CC1)N=C(c1ccc(-c3ccc4c(cnn4C)c3)cc1)N(C[C@@H]1CCN(C(=O)C3CC3)C1)C2=O. The predicted octanol–water partition coefficient (Wildman–Crippen LogP) is 4.10. The molecule has 4 heterocycles. The van der Waals surface area contributed by atoms with Gasteiger partial charge < -0.3 is 9.80 Å². The Morgan fingerprint density at radius 3 is 2.33 bits per heavy atom. The van der Waals surface area contributed by atoms with Crippen molar-refractivity contribution in [3.05, 3.63) is 54.2 Å². The van der Waals surface area contributed by atoms with E-state index in [0.717, 1.165) is 59.2 Å². The zero-order valence-electron chi connectivity index (χ0n) is 25.3. The summed E-state index contributed by atoms with van der Waals surface area (Å²) in [6, 6.07) is 14.7. The molecule has 1 spiro atoms. The molecule has 1 saturated carbocycles. The number of fused-ring (bicyclic) bond motifs is 1. The van der Waals surface area contributed by atoms with Gasteiger partial charge in [0.2, 0.25) is 11.8 Å². The van der Waals surface area contributed by atoms with Crippen LogP contribution in [0.25, 0.3) is 22.0 Å². The van der Waals surface area contributed by atoms with E-state index in [1.165, 1.54) is 0 Å². The number of rotatable bonds is 6. The topological polar surface area (TPSA) is 91.1 Å². The summed E-state index contributed by atoms with van der Waals surface area (Å²) in [6.07, 6.45) is 5.86. The fourth-order valence-electron chi connectivity index (χ4n) is 7.02. The van der Waals surface area contributed by atoms with Gasteiger partial charge in [0.15, 0.2) is 0 Å². The predicted molar refractivity (Wildman–Crippen MR) is 165 cm³/mol. The Hall–Kier alpha value is -4.01. The monoisotopic (exact) mass is 580 g/mol. The Bertz CT molecular complexity index is 1610. The van der Waals surface area contributed by atoms with Gasteiger partial charge in [-0.05, 0) is 61.3 Å². The molecule has 1 atom stereocenters. The van der Waals surface area contributed by atoms with Gasteiger partial charge in [-0.15, -0.1) is 0 Å². The molecule has 0 radical (unpaired) electrons. The van der Waals surface area contributed by atoms with Crippen LogP contribution in [-0.2, 0) is 21.4 Å². The van der Waals surface area contributed by atoms with E-state index in [1.807, 2.05) is 46.5 Å². The van der Waals surface area contributed by atoms with Gasteiger partial charge in [0.1, 0.15) is 11.4 Å². The molecule has 0 N–H and O–H groups in total. The van der Waals surface area contributed by atoms with E-state index < -0.39 is 5.54 Å². The van der Waals surface area contributed by atoms with E-state index in [9.17, 15) is 14.4 Å². The van der Waals surface area contributed by atoms with Crippen molar-refractivity contribution in [2.75, 3.05) is 32.7 Å². The minimum Gasteiger partial charge on any atom is -0.342 e. The molecule has 3 aliphatic heterocycles. The Morgan fingerprint density at radius 2 is 1.63 bits per heavy atom. The standard InChI is InChI=1S/C34H40N6O3/c1-22(2)31(41)38-16-13-34(14-17-38)33(43)40(21-23-12-15-39(20-23)32(42)26-8-9-26)30(36-34)25-6-4-24(5-7-25)27-10-11-29-28(18-27)19-35-37(29)3/h4-7,10-11,18-19,22-23,26H,8-9,12-17,20-21H2,1-3H3/t23-/m1/s1. The maximum atomic E-state index is 14.2. The summed E-state index contributed by atoms with van der Waals surface area (Å²) in [5.41, 5.74) is 3.37. The minimum atomic E-state index is -0.838. The number of nitrogens with zero attached hydrogens (tertiary/aromatic N) is 6. The molecule has 3 aromatic rings.